The van der Waals surface area contributed by atoms with Crippen molar-refractivity contribution in [2.75, 3.05) is 26.4 Å². The highest BCUT2D eigenvalue weighted by molar-refractivity contribution is 7.99. The number of benzene rings is 1. The van der Waals surface area contributed by atoms with E-state index in [0.717, 1.165) is 28.5 Å². The third-order valence-electron chi connectivity index (χ3n) is 3.06. The van der Waals surface area contributed by atoms with Gasteiger partial charge in [-0.05, 0) is 64.2 Å². The van der Waals surface area contributed by atoms with Crippen LogP contribution in [0.3, 0.4) is 0 Å². The molecule has 2 aromatic rings. The summed E-state index contributed by atoms with van der Waals surface area (Å²) in [6.45, 7) is 5.40. The Labute approximate surface area is 113 Å². The van der Waals surface area contributed by atoms with Crippen LogP contribution in [0.5, 0.6) is 0 Å². The van der Waals surface area contributed by atoms with Crippen LogP contribution in [0.1, 0.15) is 17.5 Å². The van der Waals surface area contributed by atoms with Crippen molar-refractivity contribution in [1.82, 2.24) is 14.9 Å². The number of nitrogens with one attached hydrogen (secondary N) is 1. The van der Waals surface area contributed by atoms with Crippen LogP contribution in [0.4, 0.5) is 0 Å². The van der Waals surface area contributed by atoms with Crippen molar-refractivity contribution in [3.63, 3.8) is 0 Å². The molecule has 0 bridgehead atoms. The fraction of sp³-hybridized carbons (Fsp3) is 0.500. The number of aromatic amines is 1. The SMILES string of the molecule is Cc1cc2nc(SCCCN(C)C)[nH]c2cc1C. The lowest BCUT2D eigenvalue weighted by Gasteiger charge is -2.07. The summed E-state index contributed by atoms with van der Waals surface area (Å²) in [7, 11) is 4.22. The average Bonchev–Trinajstić information content (AvgIpc) is 2.67. The summed E-state index contributed by atoms with van der Waals surface area (Å²) < 4.78 is 0. The fourth-order valence-corrected chi connectivity index (χ4v) is 2.68. The van der Waals surface area contributed by atoms with E-state index >= 15 is 0 Å². The zero-order valence-electron chi connectivity index (χ0n) is 11.6. The molecular formula is C14H21N3S. The van der Waals surface area contributed by atoms with E-state index in [0.29, 0.717) is 0 Å². The quantitative estimate of drug-likeness (QED) is 0.664. The molecular weight excluding hydrogens is 242 g/mol. The highest BCUT2D eigenvalue weighted by atomic mass is 32.2. The molecule has 98 valence electrons. The maximum Gasteiger partial charge on any atom is 0.166 e. The summed E-state index contributed by atoms with van der Waals surface area (Å²) in [5.74, 6) is 1.11. The monoisotopic (exact) mass is 263 g/mol. The van der Waals surface area contributed by atoms with E-state index in [4.69, 9.17) is 0 Å². The van der Waals surface area contributed by atoms with Crippen molar-refractivity contribution in [3.8, 4) is 0 Å². The molecule has 3 nitrogen and oxygen atoms in total. The number of hydrogen-bond acceptors (Lipinski definition) is 3. The molecule has 1 aromatic heterocycles. The van der Waals surface area contributed by atoms with E-state index < -0.39 is 0 Å². The van der Waals surface area contributed by atoms with E-state index in [1.54, 1.807) is 11.8 Å². The van der Waals surface area contributed by atoms with E-state index in [-0.39, 0.29) is 0 Å². The van der Waals surface area contributed by atoms with Gasteiger partial charge in [-0.1, -0.05) is 11.8 Å². The predicted octanol–water partition coefficient (Wildman–Crippen LogP) is 3.22. The number of rotatable bonds is 5. The molecule has 0 atom stereocenters. The molecule has 0 fully saturated rings. The van der Waals surface area contributed by atoms with E-state index in [2.05, 4.69) is 54.9 Å². The first-order valence-corrected chi connectivity index (χ1v) is 7.29. The summed E-state index contributed by atoms with van der Waals surface area (Å²) in [6.07, 6.45) is 1.19. The Bertz CT molecular complexity index is 492. The molecule has 0 aliphatic rings. The van der Waals surface area contributed by atoms with Crippen LogP contribution in [0, 0.1) is 13.8 Å². The standard InChI is InChI=1S/C14H21N3S/c1-10-8-12-13(9-11(10)2)16-14(15-12)18-7-5-6-17(3)4/h8-9H,5-7H2,1-4H3,(H,15,16). The third-order valence-corrected chi connectivity index (χ3v) is 4.02. The molecule has 0 saturated heterocycles. The summed E-state index contributed by atoms with van der Waals surface area (Å²) >= 11 is 1.81. The number of hydrogen-bond donors (Lipinski definition) is 1. The number of nitrogens with zero attached hydrogens (tertiary/aromatic N) is 2. The van der Waals surface area contributed by atoms with Gasteiger partial charge in [0.15, 0.2) is 5.16 Å². The zero-order valence-corrected chi connectivity index (χ0v) is 12.4. The number of thioether (sulfide) groups is 1. The minimum Gasteiger partial charge on any atom is -0.333 e. The molecule has 1 heterocycles. The van der Waals surface area contributed by atoms with Gasteiger partial charge in [-0.25, -0.2) is 4.98 Å². The van der Waals surface area contributed by atoms with Crippen LogP contribution in [0.15, 0.2) is 17.3 Å². The molecule has 0 aliphatic carbocycles. The molecule has 1 N–H and O–H groups in total. The van der Waals surface area contributed by atoms with Crippen LogP contribution in [0.2, 0.25) is 0 Å². The van der Waals surface area contributed by atoms with Gasteiger partial charge in [0.2, 0.25) is 0 Å². The van der Waals surface area contributed by atoms with Crippen molar-refractivity contribution < 1.29 is 0 Å². The minimum absolute atomic E-state index is 1.04. The largest absolute Gasteiger partial charge is 0.333 e. The molecule has 0 spiro atoms. The van der Waals surface area contributed by atoms with Gasteiger partial charge in [-0.2, -0.15) is 0 Å². The first kappa shape index (κ1) is 13.4. The van der Waals surface area contributed by atoms with Gasteiger partial charge in [0.1, 0.15) is 0 Å². The Hall–Kier alpha value is -1.00. The summed E-state index contributed by atoms with van der Waals surface area (Å²) in [4.78, 5) is 10.2. The molecule has 0 radical (unpaired) electrons. The van der Waals surface area contributed by atoms with E-state index in [1.165, 1.54) is 17.5 Å². The molecule has 0 amide bonds. The van der Waals surface area contributed by atoms with Gasteiger partial charge in [0.05, 0.1) is 11.0 Å². The number of fused-ring (bicyclic) bond motifs is 1. The maximum absolute atomic E-state index is 4.63. The number of aromatic nitrogens is 2. The lowest BCUT2D eigenvalue weighted by atomic mass is 10.1. The summed E-state index contributed by atoms with van der Waals surface area (Å²) in [5, 5.41) is 1.04. The van der Waals surface area contributed by atoms with E-state index in [9.17, 15) is 0 Å². The van der Waals surface area contributed by atoms with Crippen LogP contribution in [-0.4, -0.2) is 41.3 Å². The smallest absolute Gasteiger partial charge is 0.166 e. The maximum atomic E-state index is 4.63. The van der Waals surface area contributed by atoms with Gasteiger partial charge in [-0.3, -0.25) is 0 Å². The van der Waals surface area contributed by atoms with E-state index in [1.807, 2.05) is 0 Å². The van der Waals surface area contributed by atoms with Gasteiger partial charge in [0.25, 0.3) is 0 Å². The fourth-order valence-electron chi connectivity index (χ4n) is 1.86. The highest BCUT2D eigenvalue weighted by Gasteiger charge is 2.05. The van der Waals surface area contributed by atoms with Gasteiger partial charge >= 0.3 is 0 Å². The molecule has 0 aliphatic heterocycles. The molecule has 0 saturated carbocycles. The van der Waals surface area contributed by atoms with Crippen molar-refractivity contribution in [2.45, 2.75) is 25.4 Å². The first-order valence-electron chi connectivity index (χ1n) is 6.31. The second-order valence-corrected chi connectivity index (χ2v) is 6.08. The van der Waals surface area contributed by atoms with Gasteiger partial charge in [-0.15, -0.1) is 0 Å². The van der Waals surface area contributed by atoms with Crippen molar-refractivity contribution in [3.05, 3.63) is 23.3 Å². The number of aryl methyl sites for hydroxylation is 2. The van der Waals surface area contributed by atoms with Gasteiger partial charge < -0.3 is 9.88 Å². The Morgan fingerprint density at radius 3 is 2.67 bits per heavy atom. The Morgan fingerprint density at radius 2 is 1.94 bits per heavy atom. The minimum atomic E-state index is 1.04. The molecule has 4 heteroatoms. The topological polar surface area (TPSA) is 31.9 Å². The number of H-pyrrole nitrogens is 1. The molecule has 0 unspecified atom stereocenters. The predicted molar refractivity (Wildman–Crippen MR) is 79.5 cm³/mol. The lowest BCUT2D eigenvalue weighted by molar-refractivity contribution is 0.410. The first-order chi connectivity index (χ1) is 8.56. The lowest BCUT2D eigenvalue weighted by Crippen LogP contribution is -2.13. The Kier molecular flexibility index (Phi) is 4.30. The molecule has 1 aromatic carbocycles. The summed E-state index contributed by atoms with van der Waals surface area (Å²) in [5.41, 5.74) is 4.84. The van der Waals surface area contributed by atoms with Crippen LogP contribution in [-0.2, 0) is 0 Å². The molecule has 2 rings (SSSR count). The van der Waals surface area contributed by atoms with Gasteiger partial charge in [0, 0.05) is 5.75 Å². The van der Waals surface area contributed by atoms with Crippen LogP contribution in [0.25, 0.3) is 11.0 Å². The second-order valence-electron chi connectivity index (χ2n) is 5.00. The Morgan fingerprint density at radius 1 is 1.22 bits per heavy atom. The highest BCUT2D eigenvalue weighted by Crippen LogP contribution is 2.22. The van der Waals surface area contributed by atoms with Crippen molar-refractivity contribution in [2.24, 2.45) is 0 Å². The summed E-state index contributed by atoms with van der Waals surface area (Å²) in [6, 6.07) is 4.34. The number of imidazole rings is 1. The normalized spacial score (nSPS) is 11.6. The molecule has 18 heavy (non-hydrogen) atoms. The Balaban J connectivity index is 2.02. The second kappa shape index (κ2) is 5.76. The van der Waals surface area contributed by atoms with Crippen LogP contribution >= 0.6 is 11.8 Å². The van der Waals surface area contributed by atoms with Crippen molar-refractivity contribution >= 4 is 22.8 Å². The third kappa shape index (κ3) is 3.27. The van der Waals surface area contributed by atoms with Crippen LogP contribution < -0.4 is 0 Å². The zero-order chi connectivity index (χ0) is 13.1. The average molecular weight is 263 g/mol. The van der Waals surface area contributed by atoms with Crippen molar-refractivity contribution in [1.29, 1.82) is 0 Å².